The molecule has 0 unspecified atom stereocenters. The summed E-state index contributed by atoms with van der Waals surface area (Å²) in [6, 6.07) is 13.0. The Bertz CT molecular complexity index is 640. The second-order valence-electron chi connectivity index (χ2n) is 4.88. The van der Waals surface area contributed by atoms with E-state index in [1.165, 1.54) is 0 Å². The summed E-state index contributed by atoms with van der Waals surface area (Å²) in [5.41, 5.74) is 2.71. The van der Waals surface area contributed by atoms with Gasteiger partial charge in [-0.1, -0.05) is 29.3 Å². The summed E-state index contributed by atoms with van der Waals surface area (Å²) in [6.07, 6.45) is 0. The topological polar surface area (TPSA) is 38.3 Å². The highest BCUT2D eigenvalue weighted by Crippen LogP contribution is 2.21. The maximum absolute atomic E-state index is 11.9. The van der Waals surface area contributed by atoms with Gasteiger partial charge in [0.15, 0.2) is 0 Å². The lowest BCUT2D eigenvalue weighted by molar-refractivity contribution is 0.0947. The van der Waals surface area contributed by atoms with Gasteiger partial charge in [0, 0.05) is 10.6 Å². The Morgan fingerprint density at radius 2 is 2.00 bits per heavy atom. The second-order valence-corrected chi connectivity index (χ2v) is 5.32. The van der Waals surface area contributed by atoms with Crippen molar-refractivity contribution in [2.75, 3.05) is 13.2 Å². The average molecular weight is 304 g/mol. The van der Waals surface area contributed by atoms with Crippen LogP contribution >= 0.6 is 11.6 Å². The van der Waals surface area contributed by atoms with Crippen LogP contribution in [0.3, 0.4) is 0 Å². The molecule has 0 fully saturated rings. The summed E-state index contributed by atoms with van der Waals surface area (Å²) in [6.45, 7) is 4.77. The molecule has 2 rings (SSSR count). The molecule has 0 saturated heterocycles. The molecule has 1 N–H and O–H groups in total. The Hall–Kier alpha value is -2.00. The fourth-order valence-electron chi connectivity index (χ4n) is 1.99. The van der Waals surface area contributed by atoms with E-state index in [-0.39, 0.29) is 5.91 Å². The second kappa shape index (κ2) is 7.14. The standard InChI is InChI=1S/C17H18ClNO2/c1-12-4-3-5-14(10-12)17(20)19-8-9-21-16-7-6-15(18)11-13(16)2/h3-7,10-11H,8-9H2,1-2H3,(H,19,20). The van der Waals surface area contributed by atoms with E-state index in [0.717, 1.165) is 16.9 Å². The summed E-state index contributed by atoms with van der Waals surface area (Å²) in [5, 5.41) is 3.52. The van der Waals surface area contributed by atoms with Crippen molar-refractivity contribution < 1.29 is 9.53 Å². The monoisotopic (exact) mass is 303 g/mol. The van der Waals surface area contributed by atoms with Gasteiger partial charge in [-0.3, -0.25) is 4.79 Å². The highest BCUT2D eigenvalue weighted by molar-refractivity contribution is 6.30. The number of carbonyl (C=O) groups excluding carboxylic acids is 1. The van der Waals surface area contributed by atoms with Gasteiger partial charge in [-0.25, -0.2) is 0 Å². The molecule has 4 heteroatoms. The summed E-state index contributed by atoms with van der Waals surface area (Å²) in [4.78, 5) is 11.9. The molecule has 0 saturated carbocycles. The Kier molecular flexibility index (Phi) is 5.23. The molecule has 0 heterocycles. The Labute approximate surface area is 129 Å². The van der Waals surface area contributed by atoms with E-state index < -0.39 is 0 Å². The SMILES string of the molecule is Cc1cccc(C(=O)NCCOc2ccc(Cl)cc2C)c1. The van der Waals surface area contributed by atoms with Crippen molar-refractivity contribution in [3.05, 3.63) is 64.2 Å². The van der Waals surface area contributed by atoms with Crippen molar-refractivity contribution in [2.24, 2.45) is 0 Å². The quantitative estimate of drug-likeness (QED) is 0.854. The number of hydrogen-bond acceptors (Lipinski definition) is 2. The van der Waals surface area contributed by atoms with E-state index in [1.54, 1.807) is 12.1 Å². The molecule has 2 aromatic carbocycles. The normalized spacial score (nSPS) is 10.2. The van der Waals surface area contributed by atoms with E-state index in [9.17, 15) is 4.79 Å². The first-order chi connectivity index (χ1) is 10.1. The van der Waals surface area contributed by atoms with Crippen LogP contribution in [0.25, 0.3) is 0 Å². The number of amides is 1. The van der Waals surface area contributed by atoms with Crippen molar-refractivity contribution in [1.29, 1.82) is 0 Å². The van der Waals surface area contributed by atoms with Gasteiger partial charge >= 0.3 is 0 Å². The number of carbonyl (C=O) groups is 1. The number of halogens is 1. The summed E-state index contributed by atoms with van der Waals surface area (Å²) >= 11 is 5.89. The molecule has 0 atom stereocenters. The fourth-order valence-corrected chi connectivity index (χ4v) is 2.22. The van der Waals surface area contributed by atoms with Gasteiger partial charge in [0.05, 0.1) is 6.54 Å². The predicted octanol–water partition coefficient (Wildman–Crippen LogP) is 3.77. The van der Waals surface area contributed by atoms with Crippen LogP contribution in [0.1, 0.15) is 21.5 Å². The highest BCUT2D eigenvalue weighted by Gasteiger charge is 2.05. The zero-order chi connectivity index (χ0) is 15.2. The number of ether oxygens (including phenoxy) is 1. The third-order valence-corrected chi connectivity index (χ3v) is 3.30. The molecule has 2 aromatic rings. The zero-order valence-corrected chi connectivity index (χ0v) is 12.9. The highest BCUT2D eigenvalue weighted by atomic mass is 35.5. The molecular formula is C17H18ClNO2. The molecule has 0 aliphatic rings. The molecule has 0 radical (unpaired) electrons. The van der Waals surface area contributed by atoms with Gasteiger partial charge in [-0.2, -0.15) is 0 Å². The number of aryl methyl sites for hydroxylation is 2. The Balaban J connectivity index is 1.80. The predicted molar refractivity (Wildman–Crippen MR) is 85.2 cm³/mol. The number of hydrogen-bond donors (Lipinski definition) is 1. The first kappa shape index (κ1) is 15.4. The average Bonchev–Trinajstić information content (AvgIpc) is 2.45. The molecule has 0 aliphatic carbocycles. The van der Waals surface area contributed by atoms with Gasteiger partial charge in [-0.15, -0.1) is 0 Å². The van der Waals surface area contributed by atoms with E-state index in [4.69, 9.17) is 16.3 Å². The summed E-state index contributed by atoms with van der Waals surface area (Å²) in [5.74, 6) is 0.694. The summed E-state index contributed by atoms with van der Waals surface area (Å²) in [7, 11) is 0. The zero-order valence-electron chi connectivity index (χ0n) is 12.2. The van der Waals surface area contributed by atoms with Crippen LogP contribution in [0.2, 0.25) is 5.02 Å². The molecule has 3 nitrogen and oxygen atoms in total. The van der Waals surface area contributed by atoms with E-state index in [0.29, 0.717) is 23.7 Å². The van der Waals surface area contributed by atoms with Crippen LogP contribution in [0.4, 0.5) is 0 Å². The minimum atomic E-state index is -0.0878. The van der Waals surface area contributed by atoms with Gasteiger partial charge in [0.25, 0.3) is 5.91 Å². The van der Waals surface area contributed by atoms with Gasteiger partial charge < -0.3 is 10.1 Å². The van der Waals surface area contributed by atoms with Gasteiger partial charge in [0.2, 0.25) is 0 Å². The first-order valence-electron chi connectivity index (χ1n) is 6.80. The lowest BCUT2D eigenvalue weighted by Gasteiger charge is -2.10. The van der Waals surface area contributed by atoms with Crippen molar-refractivity contribution >= 4 is 17.5 Å². The molecular weight excluding hydrogens is 286 g/mol. The maximum Gasteiger partial charge on any atom is 0.251 e. The Morgan fingerprint density at radius 3 is 2.71 bits per heavy atom. The van der Waals surface area contributed by atoms with Crippen LogP contribution in [-0.4, -0.2) is 19.1 Å². The van der Waals surface area contributed by atoms with E-state index in [2.05, 4.69) is 5.32 Å². The molecule has 110 valence electrons. The maximum atomic E-state index is 11.9. The molecule has 0 spiro atoms. The van der Waals surface area contributed by atoms with Crippen molar-refractivity contribution in [2.45, 2.75) is 13.8 Å². The number of benzene rings is 2. The van der Waals surface area contributed by atoms with E-state index in [1.807, 2.05) is 44.2 Å². The molecule has 0 aliphatic heterocycles. The number of nitrogens with one attached hydrogen (secondary N) is 1. The lowest BCUT2D eigenvalue weighted by atomic mass is 10.1. The minimum absolute atomic E-state index is 0.0878. The fraction of sp³-hybridized carbons (Fsp3) is 0.235. The van der Waals surface area contributed by atoms with Crippen molar-refractivity contribution in [3.8, 4) is 5.75 Å². The van der Waals surface area contributed by atoms with Crippen LogP contribution < -0.4 is 10.1 Å². The summed E-state index contributed by atoms with van der Waals surface area (Å²) < 4.78 is 5.63. The third-order valence-electron chi connectivity index (χ3n) is 3.06. The Morgan fingerprint density at radius 1 is 1.19 bits per heavy atom. The lowest BCUT2D eigenvalue weighted by Crippen LogP contribution is -2.28. The van der Waals surface area contributed by atoms with Crippen LogP contribution in [0.5, 0.6) is 5.75 Å². The minimum Gasteiger partial charge on any atom is -0.491 e. The molecule has 1 amide bonds. The first-order valence-corrected chi connectivity index (χ1v) is 7.18. The van der Waals surface area contributed by atoms with Gasteiger partial charge in [-0.05, 0) is 49.7 Å². The van der Waals surface area contributed by atoms with E-state index >= 15 is 0 Å². The smallest absolute Gasteiger partial charge is 0.251 e. The largest absolute Gasteiger partial charge is 0.491 e. The van der Waals surface area contributed by atoms with Crippen molar-refractivity contribution in [1.82, 2.24) is 5.32 Å². The molecule has 0 aromatic heterocycles. The van der Waals surface area contributed by atoms with Crippen molar-refractivity contribution in [3.63, 3.8) is 0 Å². The number of rotatable bonds is 5. The van der Waals surface area contributed by atoms with Crippen LogP contribution in [-0.2, 0) is 0 Å². The molecule has 21 heavy (non-hydrogen) atoms. The van der Waals surface area contributed by atoms with Crippen LogP contribution in [0, 0.1) is 13.8 Å². The molecule has 0 bridgehead atoms. The van der Waals surface area contributed by atoms with Crippen LogP contribution in [0.15, 0.2) is 42.5 Å². The third kappa shape index (κ3) is 4.50. The van der Waals surface area contributed by atoms with Gasteiger partial charge in [0.1, 0.15) is 12.4 Å².